The van der Waals surface area contributed by atoms with Gasteiger partial charge in [0.1, 0.15) is 5.75 Å². The van der Waals surface area contributed by atoms with Gasteiger partial charge in [-0.2, -0.15) is 0 Å². The Morgan fingerprint density at radius 1 is 1.33 bits per heavy atom. The van der Waals surface area contributed by atoms with Crippen molar-refractivity contribution >= 4 is 15.8 Å². The normalized spacial score (nSPS) is 12.9. The maximum Gasteiger partial charge on any atom is 0.339 e. The van der Waals surface area contributed by atoms with Crippen molar-refractivity contribution in [2.75, 3.05) is 20.5 Å². The first-order chi connectivity index (χ1) is 8.31. The summed E-state index contributed by atoms with van der Waals surface area (Å²) < 4.78 is 32.1. The largest absolute Gasteiger partial charge is 0.496 e. The van der Waals surface area contributed by atoms with E-state index in [0.717, 1.165) is 13.4 Å². The molecule has 7 heteroatoms. The highest BCUT2D eigenvalue weighted by Crippen LogP contribution is 2.28. The summed E-state index contributed by atoms with van der Waals surface area (Å²) in [5.74, 6) is -0.740. The van der Waals surface area contributed by atoms with Crippen LogP contribution in [0.15, 0.2) is 23.1 Å². The molecular formula is C11H14O6S. The molecule has 0 saturated carbocycles. The van der Waals surface area contributed by atoms with Crippen LogP contribution in [0.4, 0.5) is 0 Å². The highest BCUT2D eigenvalue weighted by molar-refractivity contribution is 7.90. The molecule has 0 spiro atoms. The third-order valence-corrected chi connectivity index (χ3v) is 3.46. The number of hydrogen-bond acceptors (Lipinski definition) is 6. The Balaban J connectivity index is 3.28. The summed E-state index contributed by atoms with van der Waals surface area (Å²) in [4.78, 5) is 11.3. The van der Waals surface area contributed by atoms with E-state index in [0.29, 0.717) is 0 Å². The van der Waals surface area contributed by atoms with Crippen molar-refractivity contribution < 1.29 is 27.8 Å². The molecule has 18 heavy (non-hydrogen) atoms. The molecule has 100 valence electrons. The van der Waals surface area contributed by atoms with E-state index in [2.05, 4.69) is 4.74 Å². The molecule has 0 radical (unpaired) electrons. The molecule has 1 rings (SSSR count). The van der Waals surface area contributed by atoms with Crippen LogP contribution in [0, 0.1) is 0 Å². The second-order valence-corrected chi connectivity index (χ2v) is 5.62. The number of methoxy groups -OCH3 is 2. The first-order valence-electron chi connectivity index (χ1n) is 4.95. The van der Waals surface area contributed by atoms with Crippen LogP contribution in [0.5, 0.6) is 5.75 Å². The molecule has 1 N–H and O–H groups in total. The van der Waals surface area contributed by atoms with Crippen LogP contribution in [0.1, 0.15) is 11.7 Å². The number of carbonyl (C=O) groups is 1. The van der Waals surface area contributed by atoms with Gasteiger partial charge in [0.2, 0.25) is 0 Å². The van der Waals surface area contributed by atoms with Gasteiger partial charge in [0, 0.05) is 11.8 Å². The lowest BCUT2D eigenvalue weighted by Gasteiger charge is -2.13. The summed E-state index contributed by atoms with van der Waals surface area (Å²) in [5.41, 5.74) is 0.150. The van der Waals surface area contributed by atoms with Crippen molar-refractivity contribution in [3.05, 3.63) is 23.8 Å². The third-order valence-electron chi connectivity index (χ3n) is 2.35. The van der Waals surface area contributed by atoms with Crippen molar-refractivity contribution in [1.82, 2.24) is 0 Å². The van der Waals surface area contributed by atoms with Crippen molar-refractivity contribution in [1.29, 1.82) is 0 Å². The number of aliphatic hydroxyl groups excluding tert-OH is 1. The third kappa shape index (κ3) is 2.99. The fourth-order valence-corrected chi connectivity index (χ4v) is 2.02. The zero-order chi connectivity index (χ0) is 13.9. The Bertz CT molecular complexity index is 549. The molecule has 0 saturated heterocycles. The topological polar surface area (TPSA) is 89.9 Å². The summed E-state index contributed by atoms with van der Waals surface area (Å²) in [6.07, 6.45) is -0.461. The van der Waals surface area contributed by atoms with Crippen LogP contribution in [-0.4, -0.2) is 40.0 Å². The Morgan fingerprint density at radius 2 is 1.94 bits per heavy atom. The molecule has 0 aromatic heterocycles. The van der Waals surface area contributed by atoms with Gasteiger partial charge in [-0.1, -0.05) is 6.07 Å². The van der Waals surface area contributed by atoms with Crippen LogP contribution in [0.25, 0.3) is 0 Å². The van der Waals surface area contributed by atoms with E-state index in [9.17, 15) is 18.3 Å². The van der Waals surface area contributed by atoms with Crippen LogP contribution in [0.3, 0.4) is 0 Å². The lowest BCUT2D eigenvalue weighted by Crippen LogP contribution is -2.14. The molecule has 0 aliphatic heterocycles. The molecular weight excluding hydrogens is 260 g/mol. The highest BCUT2D eigenvalue weighted by atomic mass is 32.2. The second kappa shape index (κ2) is 5.36. The predicted molar refractivity (Wildman–Crippen MR) is 63.1 cm³/mol. The van der Waals surface area contributed by atoms with E-state index in [-0.39, 0.29) is 16.2 Å². The molecule has 1 unspecified atom stereocenters. The van der Waals surface area contributed by atoms with E-state index in [1.54, 1.807) is 0 Å². The minimum absolute atomic E-state index is 0.0418. The first-order valence-corrected chi connectivity index (χ1v) is 6.84. The van der Waals surface area contributed by atoms with Crippen LogP contribution in [0.2, 0.25) is 0 Å². The van der Waals surface area contributed by atoms with Gasteiger partial charge < -0.3 is 14.6 Å². The molecule has 0 amide bonds. The van der Waals surface area contributed by atoms with Gasteiger partial charge in [-0.15, -0.1) is 0 Å². The van der Waals surface area contributed by atoms with Gasteiger partial charge in [0.25, 0.3) is 0 Å². The van der Waals surface area contributed by atoms with Crippen molar-refractivity contribution in [3.63, 3.8) is 0 Å². The van der Waals surface area contributed by atoms with Crippen LogP contribution >= 0.6 is 0 Å². The van der Waals surface area contributed by atoms with Gasteiger partial charge in [-0.25, -0.2) is 13.2 Å². The monoisotopic (exact) mass is 274 g/mol. The molecule has 6 nitrogen and oxygen atoms in total. The quantitative estimate of drug-likeness (QED) is 0.794. The maximum atomic E-state index is 11.4. The predicted octanol–water partition coefficient (Wildman–Crippen LogP) is 0.305. The second-order valence-electron chi connectivity index (χ2n) is 3.60. The van der Waals surface area contributed by atoms with Crippen molar-refractivity contribution in [2.45, 2.75) is 11.0 Å². The summed E-state index contributed by atoms with van der Waals surface area (Å²) in [6.45, 7) is 0. The standard InChI is InChI=1S/C11H14O6S/c1-16-9-6-7(18(3,14)15)4-5-8(9)10(12)11(13)17-2/h4-6,10,12H,1-3H3. The van der Waals surface area contributed by atoms with E-state index in [1.165, 1.54) is 25.3 Å². The van der Waals surface area contributed by atoms with E-state index in [1.807, 2.05) is 0 Å². The molecule has 0 fully saturated rings. The van der Waals surface area contributed by atoms with Crippen molar-refractivity contribution in [2.24, 2.45) is 0 Å². The molecule has 1 aromatic carbocycles. The van der Waals surface area contributed by atoms with Gasteiger partial charge in [0.15, 0.2) is 15.9 Å². The van der Waals surface area contributed by atoms with E-state index in [4.69, 9.17) is 4.74 Å². The minimum Gasteiger partial charge on any atom is -0.496 e. The van der Waals surface area contributed by atoms with Gasteiger partial charge in [-0.3, -0.25) is 0 Å². The zero-order valence-electron chi connectivity index (χ0n) is 10.2. The van der Waals surface area contributed by atoms with Gasteiger partial charge in [-0.05, 0) is 12.1 Å². The smallest absolute Gasteiger partial charge is 0.339 e. The summed E-state index contributed by atoms with van der Waals surface area (Å²) in [6, 6.07) is 3.85. The number of hydrogen-bond donors (Lipinski definition) is 1. The maximum absolute atomic E-state index is 11.4. The van der Waals surface area contributed by atoms with Crippen molar-refractivity contribution in [3.8, 4) is 5.75 Å². The van der Waals surface area contributed by atoms with Crippen LogP contribution in [-0.2, 0) is 19.4 Å². The number of esters is 1. The Morgan fingerprint density at radius 3 is 2.39 bits per heavy atom. The molecule has 0 bridgehead atoms. The Hall–Kier alpha value is -1.60. The fourth-order valence-electron chi connectivity index (χ4n) is 1.39. The Kier molecular flexibility index (Phi) is 4.31. The average Bonchev–Trinajstić information content (AvgIpc) is 2.35. The SMILES string of the molecule is COC(=O)C(O)c1ccc(S(C)(=O)=O)cc1OC. The zero-order valence-corrected chi connectivity index (χ0v) is 11.0. The number of sulfone groups is 1. The number of carbonyl (C=O) groups excluding carboxylic acids is 1. The molecule has 0 aliphatic carbocycles. The number of aliphatic hydroxyl groups is 1. The number of ether oxygens (including phenoxy) is 2. The van der Waals surface area contributed by atoms with Gasteiger partial charge in [0.05, 0.1) is 19.1 Å². The fraction of sp³-hybridized carbons (Fsp3) is 0.364. The number of rotatable bonds is 4. The van der Waals surface area contributed by atoms with Crippen LogP contribution < -0.4 is 4.74 Å². The Labute approximate surface area is 105 Å². The minimum atomic E-state index is -3.38. The lowest BCUT2D eigenvalue weighted by molar-refractivity contribution is -0.150. The number of benzene rings is 1. The van der Waals surface area contributed by atoms with Gasteiger partial charge >= 0.3 is 5.97 Å². The first kappa shape index (κ1) is 14.5. The molecule has 0 heterocycles. The average molecular weight is 274 g/mol. The molecule has 1 aromatic rings. The van der Waals surface area contributed by atoms with E-state index >= 15 is 0 Å². The lowest BCUT2D eigenvalue weighted by atomic mass is 10.1. The highest BCUT2D eigenvalue weighted by Gasteiger charge is 2.23. The van der Waals surface area contributed by atoms with E-state index < -0.39 is 21.9 Å². The molecule has 0 aliphatic rings. The summed E-state index contributed by atoms with van der Waals surface area (Å²) in [5, 5.41) is 9.69. The summed E-state index contributed by atoms with van der Waals surface area (Å²) >= 11 is 0. The molecule has 1 atom stereocenters. The summed E-state index contributed by atoms with van der Waals surface area (Å²) in [7, 11) is -0.925.